The van der Waals surface area contributed by atoms with Crippen molar-refractivity contribution in [3.05, 3.63) is 114 Å². The zero-order valence-corrected chi connectivity index (χ0v) is 68.0. The zero-order valence-electron chi connectivity index (χ0n) is 59.5. The van der Waals surface area contributed by atoms with Gasteiger partial charge in [-0.05, 0) is 133 Å². The van der Waals surface area contributed by atoms with Crippen molar-refractivity contribution in [2.75, 3.05) is 7.11 Å². The average Bonchev–Trinajstić information content (AvgIpc) is 1.57. The summed E-state index contributed by atoms with van der Waals surface area (Å²) in [6, 6.07) is 39.2. The van der Waals surface area contributed by atoms with Crippen LogP contribution < -0.4 is 13.6 Å². The second-order valence-electron chi connectivity index (χ2n) is 27.1. The summed E-state index contributed by atoms with van der Waals surface area (Å²) < 4.78 is 76.9. The Kier molecular flexibility index (Phi) is 28.5. The molecule has 0 aliphatic rings. The van der Waals surface area contributed by atoms with Crippen molar-refractivity contribution >= 4 is 136 Å². The van der Waals surface area contributed by atoms with Crippen molar-refractivity contribution in [1.29, 1.82) is 0 Å². The molecular weight excluding hydrogens is 1430 g/mol. The lowest BCUT2D eigenvalue weighted by Gasteiger charge is -2.36. The van der Waals surface area contributed by atoms with Gasteiger partial charge < -0.3 is 13.6 Å². The van der Waals surface area contributed by atoms with Crippen molar-refractivity contribution in [2.24, 2.45) is 0 Å². The lowest BCUT2D eigenvalue weighted by Crippen LogP contribution is -2.42. The average molecular weight is 1530 g/mol. The van der Waals surface area contributed by atoms with Gasteiger partial charge in [0.15, 0.2) is 11.3 Å². The maximum absolute atomic E-state index is 17.6. The summed E-state index contributed by atoms with van der Waals surface area (Å²) in [5, 5.41) is 0.845. The molecule has 8 aromatic heterocycles. The number of ether oxygens (including phenoxy) is 1. The molecular formula is C80H98F2N4O4S8Si2. The number of carbonyl (C=O) groups excluding carboxylic acids is 1. The van der Waals surface area contributed by atoms with Crippen LogP contribution in [0.5, 0.6) is 16.6 Å². The van der Waals surface area contributed by atoms with Gasteiger partial charge in [0.1, 0.15) is 45.2 Å². The quantitative estimate of drug-likeness (QED) is 0.0212. The fourth-order valence-corrected chi connectivity index (χ4v) is 30.0. The van der Waals surface area contributed by atoms with Gasteiger partial charge >= 0.3 is 0 Å². The highest BCUT2D eigenvalue weighted by Gasteiger charge is 2.40. The van der Waals surface area contributed by atoms with E-state index in [4.69, 9.17) is 31.1 Å². The third kappa shape index (κ3) is 18.7. The molecule has 0 amide bonds. The first-order valence-electron chi connectivity index (χ1n) is 37.0. The highest BCUT2D eigenvalue weighted by atomic mass is 32.1. The molecule has 0 radical (unpaired) electrons. The van der Waals surface area contributed by atoms with E-state index >= 15 is 8.78 Å². The third-order valence-electron chi connectivity index (χ3n) is 19.6. The van der Waals surface area contributed by atoms with E-state index in [-0.39, 0.29) is 11.6 Å². The summed E-state index contributed by atoms with van der Waals surface area (Å²) in [5.41, 5.74) is 6.80. The molecule has 20 heteroatoms. The van der Waals surface area contributed by atoms with Crippen molar-refractivity contribution in [3.8, 4) is 98.7 Å². The Balaban J connectivity index is 1.10. The van der Waals surface area contributed by atoms with Gasteiger partial charge in [0.25, 0.3) is 16.6 Å². The van der Waals surface area contributed by atoms with E-state index in [1.165, 1.54) is 127 Å². The molecule has 0 N–H and O–H groups in total. The summed E-state index contributed by atoms with van der Waals surface area (Å²) in [6.45, 7) is 13.8. The Bertz CT molecular complexity index is 4320. The van der Waals surface area contributed by atoms with Gasteiger partial charge in [0, 0.05) is 71.0 Å². The molecule has 532 valence electrons. The van der Waals surface area contributed by atoms with E-state index in [2.05, 4.69) is 96.1 Å². The number of unbranched alkanes of at least 4 members (excludes halogenated alkanes) is 18. The summed E-state index contributed by atoms with van der Waals surface area (Å²) in [5.74, 6) is 1.06. The number of nitrogens with zero attached hydrogens (tertiary/aromatic N) is 4. The topological polar surface area (TPSA) is 96.3 Å². The fourth-order valence-electron chi connectivity index (χ4n) is 14.1. The number of hydrogen-bond acceptors (Lipinski definition) is 16. The lowest BCUT2D eigenvalue weighted by atomic mass is 10.0. The molecule has 100 heavy (non-hydrogen) atoms. The van der Waals surface area contributed by atoms with Gasteiger partial charge in [-0.25, -0.2) is 8.78 Å². The number of thiophene rings is 6. The molecule has 0 unspecified atom stereocenters. The molecule has 0 saturated carbocycles. The SMILES string of the molecule is CCCCCC[Si](CCCCCC)(CCCCCC)Oc1cc(-c2ccc(-c3c(F)cc(-c4ccc(-c5ccc(OC)s5)s4)c4nsnc34)s2)c(O[Si](CCCCCC)(CCCCCC)CCCCCC)cc1-c1ccc(-c2c(F)cc(-c3ccc(-c4ccc(C=O)s4)s3)c3nsnc23)s1. The van der Waals surface area contributed by atoms with E-state index in [1.807, 2.05) is 30.3 Å². The second-order valence-corrected chi connectivity index (χ2v) is 42.8. The minimum Gasteiger partial charge on any atom is -0.543 e. The van der Waals surface area contributed by atoms with Crippen LogP contribution in [0, 0.1) is 11.6 Å². The molecule has 8 nitrogen and oxygen atoms in total. The number of fused-ring (bicyclic) bond motifs is 2. The van der Waals surface area contributed by atoms with Crippen LogP contribution in [0.3, 0.4) is 0 Å². The number of aldehydes is 1. The number of benzene rings is 3. The van der Waals surface area contributed by atoms with Crippen LogP contribution in [-0.2, 0) is 0 Å². The van der Waals surface area contributed by atoms with E-state index in [9.17, 15) is 4.79 Å². The van der Waals surface area contributed by atoms with Crippen LogP contribution in [0.4, 0.5) is 8.78 Å². The van der Waals surface area contributed by atoms with Crippen LogP contribution in [0.1, 0.15) is 205 Å². The predicted octanol–water partition coefficient (Wildman–Crippen LogP) is 29.6. The third-order valence-corrected chi connectivity index (χ3v) is 36.5. The van der Waals surface area contributed by atoms with Gasteiger partial charge in [-0.15, -0.1) is 56.7 Å². The minimum atomic E-state index is -2.58. The smallest absolute Gasteiger partial charge is 0.251 e. The molecule has 0 spiro atoms. The summed E-state index contributed by atoms with van der Waals surface area (Å²) >= 11 is 11.7. The van der Waals surface area contributed by atoms with Gasteiger partial charge in [0.2, 0.25) is 0 Å². The minimum absolute atomic E-state index is 0.329. The number of hydrogen-bond donors (Lipinski definition) is 0. The van der Waals surface area contributed by atoms with Gasteiger partial charge in [-0.3, -0.25) is 4.79 Å². The normalized spacial score (nSPS) is 12.1. The van der Waals surface area contributed by atoms with Crippen LogP contribution in [-0.4, -0.2) is 47.5 Å². The van der Waals surface area contributed by atoms with Crippen molar-refractivity contribution in [1.82, 2.24) is 17.5 Å². The summed E-state index contributed by atoms with van der Waals surface area (Å²) in [4.78, 5) is 21.9. The van der Waals surface area contributed by atoms with E-state index < -0.39 is 16.6 Å². The Labute approximate surface area is 627 Å². The highest BCUT2D eigenvalue weighted by molar-refractivity contribution is 7.25. The van der Waals surface area contributed by atoms with E-state index in [1.54, 1.807) is 75.9 Å². The number of halogens is 2. The Morgan fingerprint density at radius 3 is 1.01 bits per heavy atom. The maximum Gasteiger partial charge on any atom is 0.251 e. The molecule has 3 aromatic carbocycles. The second kappa shape index (κ2) is 37.5. The number of methoxy groups -OCH3 is 1. The van der Waals surface area contributed by atoms with E-state index in [0.717, 1.165) is 187 Å². The Morgan fingerprint density at radius 1 is 0.350 bits per heavy atom. The van der Waals surface area contributed by atoms with E-state index in [0.29, 0.717) is 43.6 Å². The summed E-state index contributed by atoms with van der Waals surface area (Å²) in [6.07, 6.45) is 29.1. The first kappa shape index (κ1) is 76.0. The van der Waals surface area contributed by atoms with Crippen LogP contribution in [0.2, 0.25) is 36.3 Å². The van der Waals surface area contributed by atoms with Crippen molar-refractivity contribution in [2.45, 2.75) is 232 Å². The monoisotopic (exact) mass is 1530 g/mol. The molecule has 8 heterocycles. The molecule has 0 aliphatic carbocycles. The zero-order chi connectivity index (χ0) is 69.9. The molecule has 11 rings (SSSR count). The summed E-state index contributed by atoms with van der Waals surface area (Å²) in [7, 11) is -3.47. The number of carbonyl (C=O) groups is 1. The molecule has 11 aromatic rings. The van der Waals surface area contributed by atoms with Gasteiger partial charge in [-0.1, -0.05) is 207 Å². The maximum atomic E-state index is 17.6. The van der Waals surface area contributed by atoms with Crippen molar-refractivity contribution < 1.29 is 27.2 Å². The lowest BCUT2D eigenvalue weighted by molar-refractivity contribution is 0.112. The number of aromatic nitrogens is 4. The largest absolute Gasteiger partial charge is 0.543 e. The highest BCUT2D eigenvalue weighted by Crippen LogP contribution is 2.53. The van der Waals surface area contributed by atoms with Crippen molar-refractivity contribution in [3.63, 3.8) is 0 Å². The van der Waals surface area contributed by atoms with Gasteiger partial charge in [-0.2, -0.15) is 17.5 Å². The molecule has 0 aliphatic heterocycles. The predicted molar refractivity (Wildman–Crippen MR) is 437 cm³/mol. The molecule has 0 atom stereocenters. The number of rotatable bonds is 44. The van der Waals surface area contributed by atoms with Gasteiger partial charge in [0.05, 0.1) is 46.6 Å². The first-order chi connectivity index (χ1) is 49.0. The molecule has 0 bridgehead atoms. The Morgan fingerprint density at radius 2 is 0.660 bits per heavy atom. The van der Waals surface area contributed by atoms with Crippen LogP contribution in [0.15, 0.2) is 97.1 Å². The first-order valence-corrected chi connectivity index (χ1v) is 48.5. The fraction of sp³-hybridized carbons (Fsp3) is 0.463. The standard InChI is InChI=1S/C80H98F2N4O4S8Si2/c1-8-14-20-26-44-99(45-27-21-15-9-2,46-28-22-16-10-3)89-62-53-57(65-37-41-73(95-65)76-61(82)51-59(78-80(76)86-98-84-78)67-35-39-70(93-67)71-42-43-74(88-7)96-71)63(90-100(47-29-23-17-11-4,48-30-24-18-12-5)49-31-25-19-13-6)52-56(62)64-36-40-72(94-64)75-60(81)50-58(77-79(75)85-97-83-77)66-34-38-69(92-66)68-33-32-55(54-87)91-68/h32-43,50-54H,8-31,44-49H2,1-7H3. The molecule has 0 saturated heterocycles. The van der Waals surface area contributed by atoms with Crippen LogP contribution in [0.25, 0.3) is 104 Å². The molecule has 0 fully saturated rings. The Hall–Kier alpha value is -5.14. The van der Waals surface area contributed by atoms with Crippen LogP contribution >= 0.6 is 91.5 Å².